The molecule has 1 N–H and O–H groups in total. The van der Waals surface area contributed by atoms with Crippen molar-refractivity contribution >= 4 is 54.8 Å². The van der Waals surface area contributed by atoms with Crippen LogP contribution in [0.3, 0.4) is 0 Å². The largest absolute Gasteiger partial charge is 0.378 e. The van der Waals surface area contributed by atoms with Crippen LogP contribution < -0.4 is 5.32 Å². The van der Waals surface area contributed by atoms with Crippen LogP contribution in [-0.2, 0) is 6.54 Å². The molecule has 0 unspecified atom stereocenters. The average Bonchev–Trinajstić information content (AvgIpc) is 2.79. The van der Waals surface area contributed by atoms with Gasteiger partial charge in [0.25, 0.3) is 0 Å². The highest BCUT2D eigenvalue weighted by Crippen LogP contribution is 2.26. The summed E-state index contributed by atoms with van der Waals surface area (Å²) >= 11 is 12.9. The molecule has 0 fully saturated rings. The summed E-state index contributed by atoms with van der Waals surface area (Å²) in [6.07, 6.45) is 3.82. The zero-order chi connectivity index (χ0) is 14.1. The quantitative estimate of drug-likeness (QED) is 0.643. The Morgan fingerprint density at radius 1 is 1.15 bits per heavy atom. The van der Waals surface area contributed by atoms with E-state index in [4.69, 9.17) is 11.6 Å². The van der Waals surface area contributed by atoms with Gasteiger partial charge in [0.2, 0.25) is 0 Å². The van der Waals surface area contributed by atoms with Gasteiger partial charge >= 0.3 is 0 Å². The van der Waals surface area contributed by atoms with E-state index in [0.29, 0.717) is 11.6 Å². The number of benzene rings is 1. The standard InChI is InChI=1S/C14H10Br2ClN3/c15-9-1-3-13(12(16)5-9)18-6-11-8-20-7-10(17)2-4-14(20)19-11/h1-5,7-8,18H,6H2. The third-order valence-electron chi connectivity index (χ3n) is 2.86. The maximum Gasteiger partial charge on any atom is 0.137 e. The molecule has 2 heterocycles. The monoisotopic (exact) mass is 413 g/mol. The molecule has 0 aliphatic carbocycles. The second kappa shape index (κ2) is 5.76. The van der Waals surface area contributed by atoms with E-state index in [9.17, 15) is 0 Å². The zero-order valence-corrected chi connectivity index (χ0v) is 14.2. The molecular formula is C14H10Br2ClN3. The van der Waals surface area contributed by atoms with Crippen molar-refractivity contribution in [3.8, 4) is 0 Å². The number of fused-ring (bicyclic) bond motifs is 1. The lowest BCUT2D eigenvalue weighted by Crippen LogP contribution is -2.00. The fourth-order valence-corrected chi connectivity index (χ4v) is 3.28. The molecule has 3 rings (SSSR count). The number of halogens is 3. The van der Waals surface area contributed by atoms with Gasteiger partial charge in [0, 0.05) is 27.0 Å². The first-order chi connectivity index (χ1) is 9.61. The molecule has 6 heteroatoms. The Kier molecular flexibility index (Phi) is 4.01. The fraction of sp³-hybridized carbons (Fsp3) is 0.0714. The Morgan fingerprint density at radius 3 is 2.80 bits per heavy atom. The third-order valence-corrected chi connectivity index (χ3v) is 4.23. The molecule has 0 saturated carbocycles. The topological polar surface area (TPSA) is 29.3 Å². The van der Waals surface area contributed by atoms with Crippen molar-refractivity contribution in [2.75, 3.05) is 5.32 Å². The minimum Gasteiger partial charge on any atom is -0.378 e. The number of anilines is 1. The number of nitrogens with one attached hydrogen (secondary N) is 1. The molecule has 3 nitrogen and oxygen atoms in total. The van der Waals surface area contributed by atoms with Gasteiger partial charge < -0.3 is 9.72 Å². The molecule has 0 bridgehead atoms. The first kappa shape index (κ1) is 13.9. The number of pyridine rings is 1. The summed E-state index contributed by atoms with van der Waals surface area (Å²) in [7, 11) is 0. The van der Waals surface area contributed by atoms with Crippen LogP contribution in [0, 0.1) is 0 Å². The molecule has 0 atom stereocenters. The van der Waals surface area contributed by atoms with Crippen LogP contribution in [-0.4, -0.2) is 9.38 Å². The van der Waals surface area contributed by atoms with Gasteiger partial charge in [0.1, 0.15) is 5.65 Å². The summed E-state index contributed by atoms with van der Waals surface area (Å²) in [6.45, 7) is 0.652. The number of aromatic nitrogens is 2. The van der Waals surface area contributed by atoms with Crippen molar-refractivity contribution in [2.24, 2.45) is 0 Å². The van der Waals surface area contributed by atoms with Crippen molar-refractivity contribution in [1.29, 1.82) is 0 Å². The average molecular weight is 416 g/mol. The Hall–Kier alpha value is -1.04. The number of nitrogens with zero attached hydrogens (tertiary/aromatic N) is 2. The fourth-order valence-electron chi connectivity index (χ4n) is 1.92. The molecule has 0 saturated heterocycles. The first-order valence-electron chi connectivity index (χ1n) is 5.94. The van der Waals surface area contributed by atoms with Gasteiger partial charge in [-0.05, 0) is 46.3 Å². The van der Waals surface area contributed by atoms with Crippen LogP contribution in [0.15, 0.2) is 51.7 Å². The molecule has 0 radical (unpaired) electrons. The predicted octanol–water partition coefficient (Wildman–Crippen LogP) is 5.12. The first-order valence-corrected chi connectivity index (χ1v) is 7.90. The van der Waals surface area contributed by atoms with E-state index in [1.807, 2.05) is 47.1 Å². The van der Waals surface area contributed by atoms with Crippen LogP contribution in [0.1, 0.15) is 5.69 Å². The molecule has 102 valence electrons. The van der Waals surface area contributed by atoms with E-state index in [2.05, 4.69) is 42.2 Å². The van der Waals surface area contributed by atoms with E-state index in [1.165, 1.54) is 0 Å². The Bertz CT molecular complexity index is 770. The second-order valence-electron chi connectivity index (χ2n) is 4.32. The molecule has 0 aliphatic heterocycles. The molecule has 3 aromatic rings. The summed E-state index contributed by atoms with van der Waals surface area (Å²) in [6, 6.07) is 9.76. The van der Waals surface area contributed by atoms with Crippen LogP contribution in [0.5, 0.6) is 0 Å². The molecule has 0 aliphatic rings. The van der Waals surface area contributed by atoms with Crippen molar-refractivity contribution in [2.45, 2.75) is 6.54 Å². The highest BCUT2D eigenvalue weighted by Gasteiger charge is 2.04. The Balaban J connectivity index is 1.79. The van der Waals surface area contributed by atoms with Crippen molar-refractivity contribution in [3.63, 3.8) is 0 Å². The molecular weight excluding hydrogens is 405 g/mol. The minimum absolute atomic E-state index is 0.652. The van der Waals surface area contributed by atoms with E-state index in [-0.39, 0.29) is 0 Å². The summed E-state index contributed by atoms with van der Waals surface area (Å²) in [4.78, 5) is 4.53. The lowest BCUT2D eigenvalue weighted by molar-refractivity contribution is 1.08. The lowest BCUT2D eigenvalue weighted by atomic mass is 10.3. The maximum absolute atomic E-state index is 5.96. The van der Waals surface area contributed by atoms with Gasteiger partial charge in [-0.3, -0.25) is 0 Å². The van der Waals surface area contributed by atoms with Crippen LogP contribution in [0.2, 0.25) is 5.02 Å². The Labute approximate surface area is 138 Å². The highest BCUT2D eigenvalue weighted by atomic mass is 79.9. The molecule has 0 amide bonds. The van der Waals surface area contributed by atoms with Crippen LogP contribution >= 0.6 is 43.5 Å². The summed E-state index contributed by atoms with van der Waals surface area (Å²) in [5.41, 5.74) is 2.88. The second-order valence-corrected chi connectivity index (χ2v) is 6.53. The minimum atomic E-state index is 0.652. The Morgan fingerprint density at radius 2 is 2.00 bits per heavy atom. The van der Waals surface area contributed by atoms with E-state index >= 15 is 0 Å². The zero-order valence-electron chi connectivity index (χ0n) is 10.3. The predicted molar refractivity (Wildman–Crippen MR) is 89.4 cm³/mol. The van der Waals surface area contributed by atoms with Gasteiger partial charge in [0.15, 0.2) is 0 Å². The highest BCUT2D eigenvalue weighted by molar-refractivity contribution is 9.11. The maximum atomic E-state index is 5.96. The van der Waals surface area contributed by atoms with Crippen molar-refractivity contribution in [1.82, 2.24) is 9.38 Å². The van der Waals surface area contributed by atoms with Gasteiger partial charge in [-0.15, -0.1) is 0 Å². The van der Waals surface area contributed by atoms with Gasteiger partial charge in [-0.1, -0.05) is 27.5 Å². The summed E-state index contributed by atoms with van der Waals surface area (Å²) in [5, 5.41) is 4.05. The SMILES string of the molecule is Clc1ccc2nc(CNc3ccc(Br)cc3Br)cn2c1. The van der Waals surface area contributed by atoms with Crippen LogP contribution in [0.4, 0.5) is 5.69 Å². The van der Waals surface area contributed by atoms with Gasteiger partial charge in [-0.2, -0.15) is 0 Å². The van der Waals surface area contributed by atoms with E-state index < -0.39 is 0 Å². The summed E-state index contributed by atoms with van der Waals surface area (Å²) in [5.74, 6) is 0. The molecule has 2 aromatic heterocycles. The van der Waals surface area contributed by atoms with Crippen molar-refractivity contribution in [3.05, 3.63) is 62.4 Å². The molecule has 1 aromatic carbocycles. The van der Waals surface area contributed by atoms with Crippen molar-refractivity contribution < 1.29 is 0 Å². The van der Waals surface area contributed by atoms with E-state index in [1.54, 1.807) is 0 Å². The van der Waals surface area contributed by atoms with E-state index in [0.717, 1.165) is 26.0 Å². The number of rotatable bonds is 3. The number of imidazole rings is 1. The number of hydrogen-bond acceptors (Lipinski definition) is 2. The molecule has 20 heavy (non-hydrogen) atoms. The smallest absolute Gasteiger partial charge is 0.137 e. The third kappa shape index (κ3) is 3.00. The normalized spacial score (nSPS) is 10.9. The summed E-state index contributed by atoms with van der Waals surface area (Å²) < 4.78 is 3.98. The van der Waals surface area contributed by atoms with Gasteiger partial charge in [0.05, 0.1) is 17.3 Å². The lowest BCUT2D eigenvalue weighted by Gasteiger charge is -2.07. The van der Waals surface area contributed by atoms with Gasteiger partial charge in [-0.25, -0.2) is 4.98 Å². The van der Waals surface area contributed by atoms with Crippen LogP contribution in [0.25, 0.3) is 5.65 Å². The number of hydrogen-bond donors (Lipinski definition) is 1. The molecule has 0 spiro atoms.